The Morgan fingerprint density at radius 1 is 1.46 bits per heavy atom. The lowest BCUT2D eigenvalue weighted by Crippen LogP contribution is -2.04. The number of hydrogen-bond acceptors (Lipinski definition) is 3. The first-order valence-electron chi connectivity index (χ1n) is 3.51. The molecule has 0 unspecified atom stereocenters. The highest BCUT2D eigenvalue weighted by Crippen LogP contribution is 2.06. The second-order valence-corrected chi connectivity index (χ2v) is 3.93. The second-order valence-electron chi connectivity index (χ2n) is 2.45. The molecule has 0 N–H and O–H groups in total. The van der Waals surface area contributed by atoms with E-state index in [-0.39, 0.29) is 12.0 Å². The Labute approximate surface area is 74.6 Å². The Kier molecular flexibility index (Phi) is 2.92. The van der Waals surface area contributed by atoms with Crippen molar-refractivity contribution in [3.05, 3.63) is 29.8 Å². The first-order valence-corrected chi connectivity index (χ1v) is 5.06. The van der Waals surface area contributed by atoms with Crippen molar-refractivity contribution >= 4 is 10.2 Å². The maximum absolute atomic E-state index is 12.7. The Balaban J connectivity index is 2.71. The van der Waals surface area contributed by atoms with E-state index in [2.05, 4.69) is 4.98 Å². The molecule has 0 aliphatic rings. The van der Waals surface area contributed by atoms with Gasteiger partial charge in [0, 0.05) is 11.8 Å². The van der Waals surface area contributed by atoms with Crippen molar-refractivity contribution in [1.82, 2.24) is 4.98 Å². The zero-order chi connectivity index (χ0) is 9.90. The maximum Gasteiger partial charge on any atom is 0.302 e. The molecule has 1 heterocycles. The van der Waals surface area contributed by atoms with Gasteiger partial charge in [0.25, 0.3) is 0 Å². The molecule has 0 bridgehead atoms. The lowest BCUT2D eigenvalue weighted by molar-refractivity contribution is 0.547. The van der Waals surface area contributed by atoms with Gasteiger partial charge in [-0.05, 0) is 12.5 Å². The van der Waals surface area contributed by atoms with E-state index in [1.165, 1.54) is 18.3 Å². The van der Waals surface area contributed by atoms with Crippen molar-refractivity contribution in [2.24, 2.45) is 0 Å². The van der Waals surface area contributed by atoms with Crippen LogP contribution in [0.2, 0.25) is 0 Å². The quantitative estimate of drug-likeness (QED) is 0.550. The fraction of sp³-hybridized carbons (Fsp3) is 0.286. The van der Waals surface area contributed by atoms with Gasteiger partial charge >= 0.3 is 10.2 Å². The van der Waals surface area contributed by atoms with Gasteiger partial charge in [-0.2, -0.15) is 12.8 Å². The number of nitrogens with zero attached hydrogens (tertiary/aromatic N) is 1. The minimum Gasteiger partial charge on any atom is -0.228 e. The van der Waals surface area contributed by atoms with Crippen LogP contribution in [0.1, 0.15) is 5.56 Å². The number of hydrogen-bond donors (Lipinski definition) is 0. The Hall–Kier alpha value is -1.04. The van der Waals surface area contributed by atoms with Crippen molar-refractivity contribution in [1.29, 1.82) is 0 Å². The monoisotopic (exact) mass is 207 g/mol. The average Bonchev–Trinajstić information content (AvgIpc) is 2.01. The lowest BCUT2D eigenvalue weighted by atomic mass is 10.2. The SMILES string of the molecule is O=S(=O)(F)CCc1cccnc1F. The molecule has 0 radical (unpaired) electrons. The molecule has 6 heteroatoms. The Morgan fingerprint density at radius 3 is 2.69 bits per heavy atom. The van der Waals surface area contributed by atoms with Gasteiger partial charge < -0.3 is 0 Å². The van der Waals surface area contributed by atoms with Crippen molar-refractivity contribution in [3.63, 3.8) is 0 Å². The van der Waals surface area contributed by atoms with Crippen LogP contribution in [0.15, 0.2) is 18.3 Å². The highest BCUT2D eigenvalue weighted by molar-refractivity contribution is 7.86. The molecule has 0 atom stereocenters. The van der Waals surface area contributed by atoms with Crippen molar-refractivity contribution in [2.75, 3.05) is 5.75 Å². The number of halogens is 2. The van der Waals surface area contributed by atoms with Crippen LogP contribution < -0.4 is 0 Å². The largest absolute Gasteiger partial charge is 0.302 e. The minimum absolute atomic E-state index is 0.101. The molecule has 0 aliphatic heterocycles. The summed E-state index contributed by atoms with van der Waals surface area (Å²) in [5.41, 5.74) is 0.101. The fourth-order valence-corrected chi connectivity index (χ4v) is 1.30. The molecule has 1 rings (SSSR count). The van der Waals surface area contributed by atoms with Crippen molar-refractivity contribution in [3.8, 4) is 0 Å². The first-order chi connectivity index (χ1) is 5.99. The summed E-state index contributed by atoms with van der Waals surface area (Å²) in [7, 11) is -4.53. The first kappa shape index (κ1) is 10.0. The van der Waals surface area contributed by atoms with E-state index in [4.69, 9.17) is 0 Å². The van der Waals surface area contributed by atoms with E-state index in [1.54, 1.807) is 0 Å². The van der Waals surface area contributed by atoms with Gasteiger partial charge in [-0.3, -0.25) is 0 Å². The predicted molar refractivity (Wildman–Crippen MR) is 42.8 cm³/mol. The molecule has 1 aromatic heterocycles. The van der Waals surface area contributed by atoms with Crippen LogP contribution in [0.25, 0.3) is 0 Å². The summed E-state index contributed by atoms with van der Waals surface area (Å²) in [6.45, 7) is 0. The zero-order valence-electron chi connectivity index (χ0n) is 6.57. The van der Waals surface area contributed by atoms with Gasteiger partial charge in [0.05, 0.1) is 5.75 Å². The average molecular weight is 207 g/mol. The topological polar surface area (TPSA) is 47.0 Å². The molecular formula is C7H7F2NO2S. The molecule has 3 nitrogen and oxygen atoms in total. The van der Waals surface area contributed by atoms with Crippen LogP contribution in [0.4, 0.5) is 8.28 Å². The highest BCUT2D eigenvalue weighted by atomic mass is 32.3. The number of pyridine rings is 1. The van der Waals surface area contributed by atoms with E-state index >= 15 is 0 Å². The van der Waals surface area contributed by atoms with Gasteiger partial charge in [0.1, 0.15) is 0 Å². The van der Waals surface area contributed by atoms with Crippen molar-refractivity contribution < 1.29 is 16.7 Å². The van der Waals surface area contributed by atoms with Crippen molar-refractivity contribution in [2.45, 2.75) is 6.42 Å². The number of aryl methyl sites for hydroxylation is 1. The molecule has 0 saturated carbocycles. The standard InChI is InChI=1S/C7H7F2NO2S/c8-7-6(2-1-4-10-7)3-5-13(9,11)12/h1-2,4H,3,5H2. The van der Waals surface area contributed by atoms with Crippen LogP contribution in [0, 0.1) is 5.95 Å². The van der Waals surface area contributed by atoms with E-state index < -0.39 is 21.9 Å². The second kappa shape index (κ2) is 3.78. The van der Waals surface area contributed by atoms with Crippen LogP contribution >= 0.6 is 0 Å². The van der Waals surface area contributed by atoms with Gasteiger partial charge in [-0.15, -0.1) is 3.89 Å². The molecule has 0 aliphatic carbocycles. The summed E-state index contributed by atoms with van der Waals surface area (Å²) in [6, 6.07) is 2.83. The zero-order valence-corrected chi connectivity index (χ0v) is 7.39. The molecule has 0 aromatic carbocycles. The van der Waals surface area contributed by atoms with E-state index in [0.717, 1.165) is 0 Å². The Bertz CT molecular complexity index is 391. The summed E-state index contributed by atoms with van der Waals surface area (Å²) in [4.78, 5) is 3.30. The lowest BCUT2D eigenvalue weighted by Gasteiger charge is -1.98. The van der Waals surface area contributed by atoms with Gasteiger partial charge in [-0.1, -0.05) is 6.07 Å². The summed E-state index contributed by atoms with van der Waals surface area (Å²) in [5, 5.41) is 0. The summed E-state index contributed by atoms with van der Waals surface area (Å²) in [6.07, 6.45) is 1.04. The maximum atomic E-state index is 12.7. The third kappa shape index (κ3) is 3.45. The molecule has 1 aromatic rings. The summed E-state index contributed by atoms with van der Waals surface area (Å²) < 4.78 is 45.0. The highest BCUT2D eigenvalue weighted by Gasteiger charge is 2.09. The fourth-order valence-electron chi connectivity index (χ4n) is 0.838. The number of aromatic nitrogens is 1. The molecule has 0 fully saturated rings. The molecule has 0 spiro atoms. The van der Waals surface area contributed by atoms with E-state index in [1.807, 2.05) is 0 Å². The third-order valence-corrected chi connectivity index (χ3v) is 2.14. The Morgan fingerprint density at radius 2 is 2.15 bits per heavy atom. The third-order valence-electron chi connectivity index (χ3n) is 1.45. The number of rotatable bonds is 3. The van der Waals surface area contributed by atoms with Crippen LogP contribution in [0.5, 0.6) is 0 Å². The molecule has 72 valence electrons. The minimum atomic E-state index is -4.53. The molecule has 0 saturated heterocycles. The smallest absolute Gasteiger partial charge is 0.228 e. The van der Waals surface area contributed by atoms with Crippen LogP contribution in [-0.4, -0.2) is 19.2 Å². The molecule has 13 heavy (non-hydrogen) atoms. The van der Waals surface area contributed by atoms with Crippen LogP contribution in [-0.2, 0) is 16.6 Å². The van der Waals surface area contributed by atoms with Crippen LogP contribution in [0.3, 0.4) is 0 Å². The predicted octanol–water partition coefficient (Wildman–Crippen LogP) is 1.06. The molecule has 0 amide bonds. The summed E-state index contributed by atoms with van der Waals surface area (Å²) >= 11 is 0. The molecular weight excluding hydrogens is 200 g/mol. The normalized spacial score (nSPS) is 11.5. The van der Waals surface area contributed by atoms with Gasteiger partial charge in [-0.25, -0.2) is 4.98 Å². The summed E-state index contributed by atoms with van der Waals surface area (Å²) in [5.74, 6) is -1.47. The van der Waals surface area contributed by atoms with E-state index in [0.29, 0.717) is 0 Å². The van der Waals surface area contributed by atoms with Gasteiger partial charge in [0.15, 0.2) is 0 Å². The van der Waals surface area contributed by atoms with E-state index in [9.17, 15) is 16.7 Å². The van der Waals surface area contributed by atoms with Gasteiger partial charge in [0.2, 0.25) is 5.95 Å².